The van der Waals surface area contributed by atoms with E-state index in [0.717, 1.165) is 12.8 Å². The SMILES string of the molecule is CCOc1ccccc1OCCCC(=O)Nc1cc(S(=O)(=O)NC2CC2)ccc1OC. The van der Waals surface area contributed by atoms with E-state index in [1.54, 1.807) is 0 Å². The number of carbonyl (C=O) groups excluding carboxylic acids is 1. The molecule has 9 heteroatoms. The molecule has 0 bridgehead atoms. The number of para-hydroxylation sites is 2. The Labute approximate surface area is 182 Å². The van der Waals surface area contributed by atoms with Gasteiger partial charge in [0.2, 0.25) is 15.9 Å². The lowest BCUT2D eigenvalue weighted by molar-refractivity contribution is -0.116. The van der Waals surface area contributed by atoms with Gasteiger partial charge in [0, 0.05) is 12.5 Å². The Balaban J connectivity index is 1.55. The topological polar surface area (TPSA) is 103 Å². The predicted molar refractivity (Wildman–Crippen MR) is 117 cm³/mol. The molecule has 1 saturated carbocycles. The van der Waals surface area contributed by atoms with E-state index in [4.69, 9.17) is 14.2 Å². The van der Waals surface area contributed by atoms with Crippen LogP contribution in [0.1, 0.15) is 32.6 Å². The molecule has 1 aliphatic rings. The van der Waals surface area contributed by atoms with Gasteiger partial charge in [-0.05, 0) is 56.5 Å². The minimum atomic E-state index is -3.63. The molecule has 0 radical (unpaired) electrons. The average molecular weight is 449 g/mol. The summed E-state index contributed by atoms with van der Waals surface area (Å²) in [7, 11) is -2.17. The molecule has 168 valence electrons. The summed E-state index contributed by atoms with van der Waals surface area (Å²) in [5, 5.41) is 2.74. The van der Waals surface area contributed by atoms with Crippen molar-refractivity contribution in [3.63, 3.8) is 0 Å². The van der Waals surface area contributed by atoms with E-state index in [1.165, 1.54) is 25.3 Å². The first-order valence-corrected chi connectivity index (χ1v) is 11.8. The second-order valence-electron chi connectivity index (χ2n) is 7.14. The van der Waals surface area contributed by atoms with Crippen molar-refractivity contribution in [3.05, 3.63) is 42.5 Å². The molecule has 31 heavy (non-hydrogen) atoms. The van der Waals surface area contributed by atoms with Crippen LogP contribution in [-0.4, -0.2) is 40.7 Å². The first-order chi connectivity index (χ1) is 14.9. The van der Waals surface area contributed by atoms with E-state index in [1.807, 2.05) is 31.2 Å². The van der Waals surface area contributed by atoms with Crippen LogP contribution in [0.3, 0.4) is 0 Å². The Morgan fingerprint density at radius 3 is 2.42 bits per heavy atom. The van der Waals surface area contributed by atoms with Crippen molar-refractivity contribution in [1.82, 2.24) is 4.72 Å². The maximum absolute atomic E-state index is 12.4. The first-order valence-electron chi connectivity index (χ1n) is 10.3. The summed E-state index contributed by atoms with van der Waals surface area (Å²) in [5.74, 6) is 1.43. The number of sulfonamides is 1. The number of hydrogen-bond acceptors (Lipinski definition) is 6. The highest BCUT2D eigenvalue weighted by molar-refractivity contribution is 7.89. The summed E-state index contributed by atoms with van der Waals surface area (Å²) < 4.78 is 44.0. The van der Waals surface area contributed by atoms with Crippen LogP contribution in [0.15, 0.2) is 47.4 Å². The van der Waals surface area contributed by atoms with Crippen LogP contribution in [0.25, 0.3) is 0 Å². The number of benzene rings is 2. The largest absolute Gasteiger partial charge is 0.495 e. The molecule has 1 aliphatic carbocycles. The molecule has 1 amide bonds. The second kappa shape index (κ2) is 10.5. The Bertz CT molecular complexity index is 1000. The maximum atomic E-state index is 12.4. The summed E-state index contributed by atoms with van der Waals surface area (Å²) in [4.78, 5) is 12.5. The van der Waals surface area contributed by atoms with Gasteiger partial charge in [0.25, 0.3) is 0 Å². The summed E-state index contributed by atoms with van der Waals surface area (Å²) >= 11 is 0. The third-order valence-corrected chi connectivity index (χ3v) is 6.13. The van der Waals surface area contributed by atoms with E-state index >= 15 is 0 Å². The molecule has 0 saturated heterocycles. The Hall–Kier alpha value is -2.78. The molecule has 8 nitrogen and oxygen atoms in total. The van der Waals surface area contributed by atoms with Gasteiger partial charge in [0.05, 0.1) is 30.9 Å². The lowest BCUT2D eigenvalue weighted by Gasteiger charge is -2.13. The zero-order chi connectivity index (χ0) is 22.3. The number of methoxy groups -OCH3 is 1. The fourth-order valence-corrected chi connectivity index (χ4v) is 4.24. The molecule has 2 aromatic carbocycles. The van der Waals surface area contributed by atoms with Gasteiger partial charge in [0.15, 0.2) is 11.5 Å². The zero-order valence-electron chi connectivity index (χ0n) is 17.7. The van der Waals surface area contributed by atoms with E-state index in [0.29, 0.717) is 42.6 Å². The van der Waals surface area contributed by atoms with Crippen molar-refractivity contribution >= 4 is 21.6 Å². The molecule has 2 aromatic rings. The molecular formula is C22H28N2O6S. The van der Waals surface area contributed by atoms with Crippen LogP contribution in [0.5, 0.6) is 17.2 Å². The van der Waals surface area contributed by atoms with Crippen molar-refractivity contribution in [2.24, 2.45) is 0 Å². The van der Waals surface area contributed by atoms with E-state index in [-0.39, 0.29) is 23.3 Å². The molecule has 0 spiro atoms. The lowest BCUT2D eigenvalue weighted by atomic mass is 10.2. The fourth-order valence-electron chi connectivity index (χ4n) is 2.91. The molecular weight excluding hydrogens is 420 g/mol. The van der Waals surface area contributed by atoms with Crippen LogP contribution in [0.2, 0.25) is 0 Å². The van der Waals surface area contributed by atoms with Gasteiger partial charge in [0.1, 0.15) is 5.75 Å². The summed E-state index contributed by atoms with van der Waals surface area (Å²) in [6, 6.07) is 11.8. The fraction of sp³-hybridized carbons (Fsp3) is 0.409. The molecule has 1 fully saturated rings. The Kier molecular flexibility index (Phi) is 7.75. The molecule has 0 aliphatic heterocycles. The monoisotopic (exact) mass is 448 g/mol. The molecule has 0 atom stereocenters. The normalized spacial score (nSPS) is 13.5. The number of rotatable bonds is 12. The number of anilines is 1. The molecule has 0 aromatic heterocycles. The molecule has 2 N–H and O–H groups in total. The second-order valence-corrected chi connectivity index (χ2v) is 8.85. The van der Waals surface area contributed by atoms with E-state index in [9.17, 15) is 13.2 Å². The smallest absolute Gasteiger partial charge is 0.240 e. The van der Waals surface area contributed by atoms with Crippen LogP contribution in [0, 0.1) is 0 Å². The minimum absolute atomic E-state index is 0.00185. The van der Waals surface area contributed by atoms with Crippen LogP contribution in [0.4, 0.5) is 5.69 Å². The van der Waals surface area contributed by atoms with Crippen LogP contribution < -0.4 is 24.2 Å². The minimum Gasteiger partial charge on any atom is -0.495 e. The van der Waals surface area contributed by atoms with Crippen LogP contribution >= 0.6 is 0 Å². The van der Waals surface area contributed by atoms with Crippen molar-refractivity contribution in [2.75, 3.05) is 25.6 Å². The van der Waals surface area contributed by atoms with Crippen molar-refractivity contribution in [2.45, 2.75) is 43.5 Å². The molecule has 3 rings (SSSR count). The van der Waals surface area contributed by atoms with Gasteiger partial charge in [-0.3, -0.25) is 4.79 Å². The van der Waals surface area contributed by atoms with Crippen molar-refractivity contribution in [3.8, 4) is 17.2 Å². The quantitative estimate of drug-likeness (QED) is 0.483. The molecule has 0 heterocycles. The van der Waals surface area contributed by atoms with Crippen LogP contribution in [-0.2, 0) is 14.8 Å². The number of amides is 1. The van der Waals surface area contributed by atoms with Gasteiger partial charge in [-0.25, -0.2) is 13.1 Å². The third kappa shape index (κ3) is 6.60. The Morgan fingerprint density at radius 2 is 1.77 bits per heavy atom. The summed E-state index contributed by atoms with van der Waals surface area (Å²) in [6.07, 6.45) is 2.37. The standard InChI is InChI=1S/C22H28N2O6S/c1-3-29-20-7-4-5-8-21(20)30-14-6-9-22(25)23-18-15-17(12-13-19(18)28-2)31(26,27)24-16-10-11-16/h4-5,7-8,12-13,15-16,24H,3,6,9-11,14H2,1-2H3,(H,23,25). The third-order valence-electron chi connectivity index (χ3n) is 4.61. The van der Waals surface area contributed by atoms with Gasteiger partial charge in [-0.2, -0.15) is 0 Å². The van der Waals surface area contributed by atoms with Gasteiger partial charge in [-0.15, -0.1) is 0 Å². The highest BCUT2D eigenvalue weighted by Gasteiger charge is 2.28. The lowest BCUT2D eigenvalue weighted by Crippen LogP contribution is -2.26. The summed E-state index contributed by atoms with van der Waals surface area (Å²) in [6.45, 7) is 2.78. The first kappa shape index (κ1) is 22.9. The van der Waals surface area contributed by atoms with E-state index < -0.39 is 10.0 Å². The van der Waals surface area contributed by atoms with E-state index in [2.05, 4.69) is 10.0 Å². The van der Waals surface area contributed by atoms with Crippen molar-refractivity contribution in [1.29, 1.82) is 0 Å². The number of hydrogen-bond donors (Lipinski definition) is 2. The van der Waals surface area contributed by atoms with Gasteiger partial charge >= 0.3 is 0 Å². The van der Waals surface area contributed by atoms with Gasteiger partial charge in [-0.1, -0.05) is 12.1 Å². The predicted octanol–water partition coefficient (Wildman–Crippen LogP) is 3.33. The number of nitrogens with one attached hydrogen (secondary N) is 2. The average Bonchev–Trinajstić information content (AvgIpc) is 3.56. The maximum Gasteiger partial charge on any atom is 0.240 e. The highest BCUT2D eigenvalue weighted by atomic mass is 32.2. The van der Waals surface area contributed by atoms with Crippen molar-refractivity contribution < 1.29 is 27.4 Å². The molecule has 0 unspecified atom stereocenters. The number of carbonyl (C=O) groups is 1. The zero-order valence-corrected chi connectivity index (χ0v) is 18.5. The van der Waals surface area contributed by atoms with Gasteiger partial charge < -0.3 is 19.5 Å². The summed E-state index contributed by atoms with van der Waals surface area (Å²) in [5.41, 5.74) is 0.314. The Morgan fingerprint density at radius 1 is 1.06 bits per heavy atom. The number of ether oxygens (including phenoxy) is 3. The highest BCUT2D eigenvalue weighted by Crippen LogP contribution is 2.30.